The lowest BCUT2D eigenvalue weighted by atomic mass is 9.83. The van der Waals surface area contributed by atoms with Crippen molar-refractivity contribution in [2.75, 3.05) is 0 Å². The predicted molar refractivity (Wildman–Crippen MR) is 108 cm³/mol. The molecule has 3 unspecified atom stereocenters. The maximum atomic E-state index is 13.1. The molecule has 1 heterocycles. The standard InChI is InChI=1S/C20H23Cl2NO2S/c1-13(2)23-20(15-7-9-17(21)10-8-15)19(11-14(3)26(23,24)25)16-5-4-6-18(22)12-16/h4-10,12-14,19-20H,11H2,1-3H3. The lowest BCUT2D eigenvalue weighted by Crippen LogP contribution is -2.50. The summed E-state index contributed by atoms with van der Waals surface area (Å²) in [6, 6.07) is 14.8. The van der Waals surface area contributed by atoms with Crippen LogP contribution >= 0.6 is 23.2 Å². The molecule has 1 saturated heterocycles. The molecule has 2 aromatic rings. The summed E-state index contributed by atoms with van der Waals surface area (Å²) >= 11 is 12.3. The van der Waals surface area contributed by atoms with Crippen LogP contribution in [-0.4, -0.2) is 24.0 Å². The lowest BCUT2D eigenvalue weighted by molar-refractivity contribution is 0.212. The summed E-state index contributed by atoms with van der Waals surface area (Å²) in [6.07, 6.45) is 0.555. The molecule has 1 fully saturated rings. The summed E-state index contributed by atoms with van der Waals surface area (Å²) < 4.78 is 27.9. The van der Waals surface area contributed by atoms with Crippen molar-refractivity contribution < 1.29 is 8.42 Å². The van der Waals surface area contributed by atoms with Gasteiger partial charge in [0.2, 0.25) is 10.0 Å². The number of halogens is 2. The van der Waals surface area contributed by atoms with Gasteiger partial charge in [-0.1, -0.05) is 47.5 Å². The number of nitrogens with zero attached hydrogens (tertiary/aromatic N) is 1. The lowest BCUT2D eigenvalue weighted by Gasteiger charge is -2.45. The van der Waals surface area contributed by atoms with Gasteiger partial charge in [0.15, 0.2) is 0 Å². The summed E-state index contributed by atoms with van der Waals surface area (Å²) in [6.45, 7) is 5.64. The molecule has 0 N–H and O–H groups in total. The van der Waals surface area contributed by atoms with Gasteiger partial charge >= 0.3 is 0 Å². The quantitative estimate of drug-likeness (QED) is 0.653. The summed E-state index contributed by atoms with van der Waals surface area (Å²) in [5.74, 6) is 0.0239. The Morgan fingerprint density at radius 3 is 2.23 bits per heavy atom. The SMILES string of the molecule is CC(C)N1C(c2ccc(Cl)cc2)C(c2cccc(Cl)c2)CC(C)S1(=O)=O. The van der Waals surface area contributed by atoms with E-state index < -0.39 is 15.3 Å². The third kappa shape index (κ3) is 3.65. The molecule has 3 nitrogen and oxygen atoms in total. The largest absolute Gasteiger partial charge is 0.217 e. The molecule has 1 aliphatic rings. The molecule has 0 aliphatic carbocycles. The number of sulfonamides is 1. The monoisotopic (exact) mass is 411 g/mol. The van der Waals surface area contributed by atoms with E-state index in [1.54, 1.807) is 11.2 Å². The highest BCUT2D eigenvalue weighted by Gasteiger charge is 2.47. The molecule has 140 valence electrons. The zero-order valence-electron chi connectivity index (χ0n) is 15.1. The first kappa shape index (κ1) is 19.7. The van der Waals surface area contributed by atoms with Gasteiger partial charge in [0, 0.05) is 22.0 Å². The van der Waals surface area contributed by atoms with Crippen LogP contribution in [0.3, 0.4) is 0 Å². The van der Waals surface area contributed by atoms with E-state index in [4.69, 9.17) is 23.2 Å². The first-order valence-electron chi connectivity index (χ1n) is 8.75. The van der Waals surface area contributed by atoms with E-state index in [1.165, 1.54) is 0 Å². The molecule has 0 saturated carbocycles. The second-order valence-electron chi connectivity index (χ2n) is 7.17. The predicted octanol–water partition coefficient (Wildman–Crippen LogP) is 5.65. The molecule has 0 amide bonds. The van der Waals surface area contributed by atoms with Crippen molar-refractivity contribution in [3.05, 3.63) is 69.7 Å². The first-order valence-corrected chi connectivity index (χ1v) is 11.0. The Morgan fingerprint density at radius 2 is 1.65 bits per heavy atom. The van der Waals surface area contributed by atoms with Crippen molar-refractivity contribution >= 4 is 33.2 Å². The number of benzene rings is 2. The average molecular weight is 412 g/mol. The van der Waals surface area contributed by atoms with Crippen LogP contribution in [0.15, 0.2) is 48.5 Å². The Bertz CT molecular complexity index is 881. The highest BCUT2D eigenvalue weighted by atomic mass is 35.5. The van der Waals surface area contributed by atoms with Gasteiger partial charge in [0.1, 0.15) is 0 Å². The van der Waals surface area contributed by atoms with Crippen molar-refractivity contribution in [1.82, 2.24) is 4.31 Å². The van der Waals surface area contributed by atoms with Crippen LogP contribution in [-0.2, 0) is 10.0 Å². The van der Waals surface area contributed by atoms with E-state index in [2.05, 4.69) is 0 Å². The van der Waals surface area contributed by atoms with Crippen molar-refractivity contribution in [3.63, 3.8) is 0 Å². The molecule has 3 rings (SSSR count). The van der Waals surface area contributed by atoms with E-state index >= 15 is 0 Å². The molecule has 0 radical (unpaired) electrons. The van der Waals surface area contributed by atoms with Crippen LogP contribution in [0.2, 0.25) is 10.0 Å². The van der Waals surface area contributed by atoms with Crippen molar-refractivity contribution in [2.45, 2.75) is 50.4 Å². The van der Waals surface area contributed by atoms with E-state index in [-0.39, 0.29) is 18.0 Å². The minimum absolute atomic E-state index is 0.0239. The molecular weight excluding hydrogens is 389 g/mol. The molecular formula is C20H23Cl2NO2S. The second kappa shape index (κ2) is 7.51. The molecule has 2 aromatic carbocycles. The Hall–Kier alpha value is -1.07. The summed E-state index contributed by atoms with van der Waals surface area (Å²) in [4.78, 5) is 0. The molecule has 0 bridgehead atoms. The van der Waals surface area contributed by atoms with Crippen LogP contribution in [0, 0.1) is 0 Å². The second-order valence-corrected chi connectivity index (χ2v) is 10.3. The molecule has 0 spiro atoms. The fraction of sp³-hybridized carbons (Fsp3) is 0.400. The summed E-state index contributed by atoms with van der Waals surface area (Å²) in [7, 11) is -3.39. The summed E-state index contributed by atoms with van der Waals surface area (Å²) in [5.41, 5.74) is 2.01. The third-order valence-electron chi connectivity index (χ3n) is 5.04. The van der Waals surface area contributed by atoms with Gasteiger partial charge in [-0.15, -0.1) is 0 Å². The van der Waals surface area contributed by atoms with Gasteiger partial charge in [0.25, 0.3) is 0 Å². The highest BCUT2D eigenvalue weighted by molar-refractivity contribution is 7.89. The first-order chi connectivity index (χ1) is 12.2. The maximum Gasteiger partial charge on any atom is 0.217 e. The number of rotatable bonds is 3. The van der Waals surface area contributed by atoms with Crippen molar-refractivity contribution in [3.8, 4) is 0 Å². The fourth-order valence-corrected chi connectivity index (χ4v) is 6.23. The van der Waals surface area contributed by atoms with Gasteiger partial charge in [-0.25, -0.2) is 8.42 Å². The Balaban J connectivity index is 2.18. The van der Waals surface area contributed by atoms with Crippen molar-refractivity contribution in [2.24, 2.45) is 0 Å². The summed E-state index contributed by atoms with van der Waals surface area (Å²) in [5, 5.41) is 0.850. The van der Waals surface area contributed by atoms with Crippen LogP contribution in [0.5, 0.6) is 0 Å². The zero-order valence-corrected chi connectivity index (χ0v) is 17.4. The molecule has 26 heavy (non-hydrogen) atoms. The third-order valence-corrected chi connectivity index (χ3v) is 7.97. The Kier molecular flexibility index (Phi) is 5.69. The van der Waals surface area contributed by atoms with Gasteiger partial charge < -0.3 is 0 Å². The highest BCUT2D eigenvalue weighted by Crippen LogP contribution is 2.47. The maximum absolute atomic E-state index is 13.1. The average Bonchev–Trinajstić information content (AvgIpc) is 2.57. The fourth-order valence-electron chi connectivity index (χ4n) is 3.86. The molecule has 3 atom stereocenters. The van der Waals surface area contributed by atoms with Crippen LogP contribution in [0.1, 0.15) is 50.3 Å². The van der Waals surface area contributed by atoms with E-state index in [0.717, 1.165) is 11.1 Å². The van der Waals surface area contributed by atoms with Crippen LogP contribution in [0.25, 0.3) is 0 Å². The van der Waals surface area contributed by atoms with Crippen LogP contribution in [0.4, 0.5) is 0 Å². The van der Waals surface area contributed by atoms with Gasteiger partial charge in [-0.05, 0) is 62.6 Å². The Morgan fingerprint density at radius 1 is 1.00 bits per heavy atom. The minimum atomic E-state index is -3.39. The minimum Gasteiger partial charge on any atom is -0.212 e. The molecule has 1 aliphatic heterocycles. The van der Waals surface area contributed by atoms with Crippen molar-refractivity contribution in [1.29, 1.82) is 0 Å². The van der Waals surface area contributed by atoms with Gasteiger partial charge in [-0.3, -0.25) is 0 Å². The van der Waals surface area contributed by atoms with Crippen LogP contribution < -0.4 is 0 Å². The zero-order chi connectivity index (χ0) is 19.1. The normalized spacial score (nSPS) is 26.2. The number of hydrogen-bond donors (Lipinski definition) is 0. The van der Waals surface area contributed by atoms with E-state index in [9.17, 15) is 8.42 Å². The van der Waals surface area contributed by atoms with Gasteiger partial charge in [-0.2, -0.15) is 4.31 Å². The Labute approximate surface area is 166 Å². The topological polar surface area (TPSA) is 37.4 Å². The molecule has 0 aromatic heterocycles. The molecule has 6 heteroatoms. The van der Waals surface area contributed by atoms with E-state index in [0.29, 0.717) is 16.5 Å². The van der Waals surface area contributed by atoms with E-state index in [1.807, 2.05) is 62.4 Å². The smallest absolute Gasteiger partial charge is 0.212 e. The van der Waals surface area contributed by atoms with Gasteiger partial charge in [0.05, 0.1) is 11.3 Å². The number of hydrogen-bond acceptors (Lipinski definition) is 2.